The van der Waals surface area contributed by atoms with Gasteiger partial charge < -0.3 is 15.4 Å². The van der Waals surface area contributed by atoms with Gasteiger partial charge in [-0.25, -0.2) is 4.39 Å². The van der Waals surface area contributed by atoms with Crippen molar-refractivity contribution < 1.29 is 18.8 Å². The van der Waals surface area contributed by atoms with Crippen LogP contribution in [0.25, 0.3) is 0 Å². The van der Waals surface area contributed by atoms with Crippen LogP contribution in [0.5, 0.6) is 0 Å². The third kappa shape index (κ3) is 4.74. The Morgan fingerprint density at radius 2 is 1.96 bits per heavy atom. The molecule has 0 unspecified atom stereocenters. The first-order valence-electron chi connectivity index (χ1n) is 7.51. The molecule has 0 aliphatic carbocycles. The largest absolute Gasteiger partial charge is 0.383 e. The fraction of sp³-hybridized carbons (Fsp3) is 0.235. The molecule has 2 aromatic carbocycles. The molecule has 0 spiro atoms. The Balaban J connectivity index is 2.21. The number of aryl methyl sites for hydroxylation is 1. The van der Waals surface area contributed by atoms with Crippen molar-refractivity contribution in [3.05, 3.63) is 63.5 Å². The summed E-state index contributed by atoms with van der Waals surface area (Å²) < 4.78 is 18.0. The van der Waals surface area contributed by atoms with Gasteiger partial charge in [0, 0.05) is 31.0 Å². The number of carbonyl (C=O) groups is 1. The van der Waals surface area contributed by atoms with Crippen molar-refractivity contribution in [2.45, 2.75) is 6.92 Å². The summed E-state index contributed by atoms with van der Waals surface area (Å²) in [5, 5.41) is 16.7. The van der Waals surface area contributed by atoms with Gasteiger partial charge in [0.25, 0.3) is 11.6 Å². The van der Waals surface area contributed by atoms with Crippen molar-refractivity contribution in [2.24, 2.45) is 0 Å². The highest BCUT2D eigenvalue weighted by molar-refractivity contribution is 6.05. The van der Waals surface area contributed by atoms with E-state index in [9.17, 15) is 19.3 Å². The number of anilines is 2. The number of ether oxygens (including phenoxy) is 1. The van der Waals surface area contributed by atoms with Crippen LogP contribution in [0.1, 0.15) is 15.9 Å². The molecule has 0 saturated heterocycles. The fourth-order valence-corrected chi connectivity index (χ4v) is 2.22. The number of methoxy groups -OCH3 is 1. The Labute approximate surface area is 144 Å². The summed E-state index contributed by atoms with van der Waals surface area (Å²) >= 11 is 0. The van der Waals surface area contributed by atoms with Crippen LogP contribution in [0.3, 0.4) is 0 Å². The van der Waals surface area contributed by atoms with E-state index in [1.807, 2.05) is 0 Å². The van der Waals surface area contributed by atoms with Gasteiger partial charge in [-0.2, -0.15) is 0 Å². The quantitative estimate of drug-likeness (QED) is 0.455. The molecule has 8 heteroatoms. The molecule has 0 radical (unpaired) electrons. The lowest BCUT2D eigenvalue weighted by Crippen LogP contribution is -2.14. The Hall–Kier alpha value is -3.00. The molecule has 0 heterocycles. The first-order valence-corrected chi connectivity index (χ1v) is 7.51. The summed E-state index contributed by atoms with van der Waals surface area (Å²) in [6, 6.07) is 8.12. The molecule has 2 rings (SSSR count). The van der Waals surface area contributed by atoms with Gasteiger partial charge in [-0.15, -0.1) is 0 Å². The number of nitro benzene ring substituents is 1. The van der Waals surface area contributed by atoms with Crippen LogP contribution >= 0.6 is 0 Å². The summed E-state index contributed by atoms with van der Waals surface area (Å²) in [7, 11) is 1.53. The van der Waals surface area contributed by atoms with Crippen molar-refractivity contribution in [1.29, 1.82) is 0 Å². The number of amides is 1. The van der Waals surface area contributed by atoms with Crippen LogP contribution in [0.15, 0.2) is 36.4 Å². The standard InChI is InChI=1S/C17H18FN3O4/c1-11-9-13(18)4-6-14(11)20-17(22)12-3-5-15(19-7-8-25-2)16(10-12)21(23)24/h3-6,9-10,19H,7-8H2,1-2H3,(H,20,22). The number of nitrogens with one attached hydrogen (secondary N) is 2. The summed E-state index contributed by atoms with van der Waals surface area (Å²) in [6.07, 6.45) is 0. The van der Waals surface area contributed by atoms with E-state index in [1.54, 1.807) is 6.92 Å². The van der Waals surface area contributed by atoms with Crippen LogP contribution < -0.4 is 10.6 Å². The summed E-state index contributed by atoms with van der Waals surface area (Å²) in [6.45, 7) is 2.45. The molecule has 2 aromatic rings. The number of benzene rings is 2. The summed E-state index contributed by atoms with van der Waals surface area (Å²) in [5.41, 5.74) is 1.22. The zero-order chi connectivity index (χ0) is 18.4. The second-order valence-corrected chi connectivity index (χ2v) is 5.32. The van der Waals surface area contributed by atoms with Gasteiger partial charge in [-0.05, 0) is 42.8 Å². The molecular formula is C17H18FN3O4. The van der Waals surface area contributed by atoms with E-state index in [1.165, 1.54) is 43.5 Å². The lowest BCUT2D eigenvalue weighted by atomic mass is 10.1. The van der Waals surface area contributed by atoms with E-state index in [4.69, 9.17) is 4.74 Å². The van der Waals surface area contributed by atoms with Crippen LogP contribution in [-0.4, -0.2) is 31.1 Å². The Kier molecular flexibility index (Phi) is 6.02. The minimum absolute atomic E-state index is 0.132. The molecule has 0 aliphatic rings. The molecule has 0 saturated carbocycles. The van der Waals surface area contributed by atoms with E-state index < -0.39 is 16.6 Å². The summed E-state index contributed by atoms with van der Waals surface area (Å²) in [4.78, 5) is 23.0. The highest BCUT2D eigenvalue weighted by Crippen LogP contribution is 2.26. The van der Waals surface area contributed by atoms with Crippen molar-refractivity contribution in [1.82, 2.24) is 0 Å². The highest BCUT2D eigenvalue weighted by Gasteiger charge is 2.18. The monoisotopic (exact) mass is 347 g/mol. The predicted octanol–water partition coefficient (Wildman–Crippen LogP) is 3.35. The maximum absolute atomic E-state index is 13.1. The maximum Gasteiger partial charge on any atom is 0.293 e. The van der Waals surface area contributed by atoms with Crippen LogP contribution in [0, 0.1) is 22.9 Å². The average molecular weight is 347 g/mol. The van der Waals surface area contributed by atoms with E-state index >= 15 is 0 Å². The average Bonchev–Trinajstić information content (AvgIpc) is 2.57. The van der Waals surface area contributed by atoms with Crippen molar-refractivity contribution >= 4 is 23.0 Å². The topological polar surface area (TPSA) is 93.5 Å². The first-order chi connectivity index (χ1) is 11.9. The molecule has 132 valence electrons. The van der Waals surface area contributed by atoms with Crippen molar-refractivity contribution in [3.63, 3.8) is 0 Å². The van der Waals surface area contributed by atoms with Gasteiger partial charge in [0.15, 0.2) is 0 Å². The number of nitrogens with zero attached hydrogens (tertiary/aromatic N) is 1. The zero-order valence-corrected chi connectivity index (χ0v) is 13.8. The van der Waals surface area contributed by atoms with Gasteiger partial charge in [-0.3, -0.25) is 14.9 Å². The first kappa shape index (κ1) is 18.3. The minimum atomic E-state index is -0.560. The lowest BCUT2D eigenvalue weighted by molar-refractivity contribution is -0.384. The number of nitro groups is 1. The fourth-order valence-electron chi connectivity index (χ4n) is 2.22. The predicted molar refractivity (Wildman–Crippen MR) is 92.6 cm³/mol. The third-order valence-corrected chi connectivity index (χ3v) is 3.51. The normalized spacial score (nSPS) is 10.4. The maximum atomic E-state index is 13.1. The second kappa shape index (κ2) is 8.20. The Bertz CT molecular complexity index is 795. The van der Waals surface area contributed by atoms with E-state index in [0.29, 0.717) is 30.1 Å². The van der Waals surface area contributed by atoms with E-state index in [-0.39, 0.29) is 11.3 Å². The van der Waals surface area contributed by atoms with Crippen LogP contribution in [-0.2, 0) is 4.74 Å². The van der Waals surface area contributed by atoms with Gasteiger partial charge in [0.05, 0.1) is 11.5 Å². The smallest absolute Gasteiger partial charge is 0.293 e. The molecule has 0 atom stereocenters. The summed E-state index contributed by atoms with van der Waals surface area (Å²) in [5.74, 6) is -0.918. The number of hydrogen-bond acceptors (Lipinski definition) is 5. The molecule has 25 heavy (non-hydrogen) atoms. The Morgan fingerprint density at radius 3 is 2.60 bits per heavy atom. The molecule has 7 nitrogen and oxygen atoms in total. The molecule has 0 aromatic heterocycles. The number of carbonyl (C=O) groups excluding carboxylic acids is 1. The molecule has 1 amide bonds. The van der Waals surface area contributed by atoms with Crippen LogP contribution in [0.2, 0.25) is 0 Å². The number of rotatable bonds is 7. The molecule has 0 aliphatic heterocycles. The lowest BCUT2D eigenvalue weighted by Gasteiger charge is -2.10. The van der Waals surface area contributed by atoms with Crippen molar-refractivity contribution in [3.8, 4) is 0 Å². The molecule has 0 fully saturated rings. The molecular weight excluding hydrogens is 329 g/mol. The number of hydrogen-bond donors (Lipinski definition) is 2. The second-order valence-electron chi connectivity index (χ2n) is 5.32. The number of halogens is 1. The minimum Gasteiger partial charge on any atom is -0.383 e. The van der Waals surface area contributed by atoms with Crippen molar-refractivity contribution in [2.75, 3.05) is 30.9 Å². The van der Waals surface area contributed by atoms with Gasteiger partial charge >= 0.3 is 0 Å². The zero-order valence-electron chi connectivity index (χ0n) is 13.8. The van der Waals surface area contributed by atoms with Gasteiger partial charge in [0.2, 0.25) is 0 Å². The SMILES string of the molecule is COCCNc1ccc(C(=O)Nc2ccc(F)cc2C)cc1[N+](=O)[O-]. The van der Waals surface area contributed by atoms with E-state index in [0.717, 1.165) is 0 Å². The van der Waals surface area contributed by atoms with E-state index in [2.05, 4.69) is 10.6 Å². The van der Waals surface area contributed by atoms with Crippen LogP contribution in [0.4, 0.5) is 21.5 Å². The van der Waals surface area contributed by atoms with Gasteiger partial charge in [-0.1, -0.05) is 0 Å². The molecule has 2 N–H and O–H groups in total. The highest BCUT2D eigenvalue weighted by atomic mass is 19.1. The third-order valence-electron chi connectivity index (χ3n) is 3.51. The molecule has 0 bridgehead atoms. The van der Waals surface area contributed by atoms with Gasteiger partial charge in [0.1, 0.15) is 11.5 Å². The Morgan fingerprint density at radius 1 is 1.24 bits per heavy atom.